The summed E-state index contributed by atoms with van der Waals surface area (Å²) in [4.78, 5) is 10.9. The molecule has 1 amide bonds. The number of hydroxylamine groups is 1. The van der Waals surface area contributed by atoms with Gasteiger partial charge in [0.25, 0.3) is 5.91 Å². The van der Waals surface area contributed by atoms with Gasteiger partial charge >= 0.3 is 0 Å². The van der Waals surface area contributed by atoms with Crippen LogP contribution in [0.2, 0.25) is 0 Å². The normalized spacial score (nSPS) is 11.3. The molecule has 0 spiro atoms. The van der Waals surface area contributed by atoms with Crippen molar-refractivity contribution < 1.29 is 14.4 Å². The SMILES string of the molecule is O=C(C=Cc1ccc(CNCCn2ccc3cc(F)ccc32)cc1)NO. The number of benzene rings is 2. The number of amides is 1. The molecule has 3 aromatic rings. The molecule has 0 saturated heterocycles. The molecular formula is C20H20FN3O2. The van der Waals surface area contributed by atoms with E-state index in [0.29, 0.717) is 0 Å². The first-order valence-electron chi connectivity index (χ1n) is 8.32. The quantitative estimate of drug-likeness (QED) is 0.265. The highest BCUT2D eigenvalue weighted by Gasteiger charge is 2.02. The van der Waals surface area contributed by atoms with Gasteiger partial charge in [-0.1, -0.05) is 24.3 Å². The molecule has 0 bridgehead atoms. The molecule has 3 N–H and O–H groups in total. The Morgan fingerprint density at radius 3 is 2.73 bits per heavy atom. The van der Waals surface area contributed by atoms with E-state index in [1.54, 1.807) is 23.7 Å². The lowest BCUT2D eigenvalue weighted by molar-refractivity contribution is -0.124. The Hall–Kier alpha value is -2.96. The number of aromatic nitrogens is 1. The maximum absolute atomic E-state index is 13.2. The number of hydrogen-bond acceptors (Lipinski definition) is 3. The summed E-state index contributed by atoms with van der Waals surface area (Å²) in [5, 5.41) is 12.7. The van der Waals surface area contributed by atoms with E-state index in [2.05, 4.69) is 9.88 Å². The van der Waals surface area contributed by atoms with E-state index >= 15 is 0 Å². The molecule has 0 aliphatic rings. The van der Waals surface area contributed by atoms with Crippen molar-refractivity contribution >= 4 is 22.9 Å². The van der Waals surface area contributed by atoms with Crippen molar-refractivity contribution in [2.24, 2.45) is 0 Å². The van der Waals surface area contributed by atoms with Gasteiger partial charge in [-0.3, -0.25) is 10.0 Å². The second-order valence-corrected chi connectivity index (χ2v) is 5.94. The molecule has 1 heterocycles. The summed E-state index contributed by atoms with van der Waals surface area (Å²) < 4.78 is 15.3. The molecule has 0 fully saturated rings. The molecular weight excluding hydrogens is 333 g/mol. The van der Waals surface area contributed by atoms with Crippen molar-refractivity contribution in [1.29, 1.82) is 0 Å². The third-order valence-corrected chi connectivity index (χ3v) is 4.11. The third-order valence-electron chi connectivity index (χ3n) is 4.11. The number of nitrogens with zero attached hydrogens (tertiary/aromatic N) is 1. The number of carbonyl (C=O) groups excluding carboxylic acids is 1. The van der Waals surface area contributed by atoms with Gasteiger partial charge in [-0.25, -0.2) is 9.87 Å². The first kappa shape index (κ1) is 17.8. The van der Waals surface area contributed by atoms with Crippen molar-refractivity contribution in [2.75, 3.05) is 6.54 Å². The van der Waals surface area contributed by atoms with Crippen LogP contribution in [-0.2, 0) is 17.9 Å². The molecule has 5 nitrogen and oxygen atoms in total. The van der Waals surface area contributed by atoms with E-state index in [9.17, 15) is 9.18 Å². The molecule has 6 heteroatoms. The summed E-state index contributed by atoms with van der Waals surface area (Å²) in [6, 6.07) is 14.5. The van der Waals surface area contributed by atoms with Crippen LogP contribution in [-0.4, -0.2) is 22.2 Å². The number of hydrogen-bond donors (Lipinski definition) is 3. The minimum Gasteiger partial charge on any atom is -0.346 e. The van der Waals surface area contributed by atoms with E-state index < -0.39 is 5.91 Å². The average Bonchev–Trinajstić information content (AvgIpc) is 3.06. The highest BCUT2D eigenvalue weighted by atomic mass is 19.1. The van der Waals surface area contributed by atoms with E-state index in [-0.39, 0.29) is 5.82 Å². The van der Waals surface area contributed by atoms with Crippen LogP contribution in [0.5, 0.6) is 0 Å². The fourth-order valence-corrected chi connectivity index (χ4v) is 2.75. The zero-order valence-electron chi connectivity index (χ0n) is 14.2. The van der Waals surface area contributed by atoms with Crippen molar-refractivity contribution in [3.05, 3.63) is 77.7 Å². The predicted octanol–water partition coefficient (Wildman–Crippen LogP) is 3.09. The van der Waals surface area contributed by atoms with E-state index in [4.69, 9.17) is 5.21 Å². The summed E-state index contributed by atoms with van der Waals surface area (Å²) in [5.74, 6) is -0.778. The highest BCUT2D eigenvalue weighted by molar-refractivity contribution is 5.90. The number of nitrogens with one attached hydrogen (secondary N) is 2. The Labute approximate surface area is 150 Å². The zero-order chi connectivity index (χ0) is 18.4. The first-order valence-corrected chi connectivity index (χ1v) is 8.32. The highest BCUT2D eigenvalue weighted by Crippen LogP contribution is 2.16. The molecule has 0 atom stereocenters. The van der Waals surface area contributed by atoms with Crippen LogP contribution < -0.4 is 10.8 Å². The summed E-state index contributed by atoms with van der Waals surface area (Å²) in [6.07, 6.45) is 4.86. The lowest BCUT2D eigenvalue weighted by Crippen LogP contribution is -2.19. The van der Waals surface area contributed by atoms with Gasteiger partial charge in [0.1, 0.15) is 5.82 Å². The van der Waals surface area contributed by atoms with Gasteiger partial charge in [-0.2, -0.15) is 0 Å². The minimum absolute atomic E-state index is 0.219. The number of rotatable bonds is 7. The van der Waals surface area contributed by atoms with Crippen molar-refractivity contribution in [1.82, 2.24) is 15.4 Å². The van der Waals surface area contributed by atoms with Crippen LogP contribution in [0.15, 0.2) is 60.8 Å². The first-order chi connectivity index (χ1) is 12.7. The Morgan fingerprint density at radius 2 is 1.96 bits per heavy atom. The van der Waals surface area contributed by atoms with Gasteiger partial charge in [-0.05, 0) is 41.5 Å². The van der Waals surface area contributed by atoms with Crippen LogP contribution in [0.1, 0.15) is 11.1 Å². The summed E-state index contributed by atoms with van der Waals surface area (Å²) in [5.41, 5.74) is 4.58. The Kier molecular flexibility index (Phi) is 5.78. The van der Waals surface area contributed by atoms with Crippen LogP contribution in [0, 0.1) is 5.82 Å². The van der Waals surface area contributed by atoms with E-state index in [1.165, 1.54) is 12.1 Å². The van der Waals surface area contributed by atoms with Gasteiger partial charge in [0, 0.05) is 42.8 Å². The number of carbonyl (C=O) groups is 1. The molecule has 1 aromatic heterocycles. The van der Waals surface area contributed by atoms with Crippen molar-refractivity contribution in [3.63, 3.8) is 0 Å². The lowest BCUT2D eigenvalue weighted by atomic mass is 10.1. The largest absolute Gasteiger partial charge is 0.346 e. The van der Waals surface area contributed by atoms with Gasteiger partial charge in [0.2, 0.25) is 0 Å². The van der Waals surface area contributed by atoms with E-state index in [1.807, 2.05) is 36.5 Å². The molecule has 0 aliphatic heterocycles. The molecule has 0 aliphatic carbocycles. The van der Waals surface area contributed by atoms with E-state index in [0.717, 1.165) is 41.7 Å². The smallest absolute Gasteiger partial charge is 0.267 e. The van der Waals surface area contributed by atoms with Crippen LogP contribution in [0.25, 0.3) is 17.0 Å². The predicted molar refractivity (Wildman–Crippen MR) is 99.0 cm³/mol. The molecule has 3 rings (SSSR count). The molecule has 26 heavy (non-hydrogen) atoms. The topological polar surface area (TPSA) is 66.3 Å². The summed E-state index contributed by atoms with van der Waals surface area (Å²) >= 11 is 0. The molecule has 0 unspecified atom stereocenters. The number of halogens is 1. The fraction of sp³-hybridized carbons (Fsp3) is 0.150. The van der Waals surface area contributed by atoms with Crippen molar-refractivity contribution in [2.45, 2.75) is 13.1 Å². The summed E-state index contributed by atoms with van der Waals surface area (Å²) in [7, 11) is 0. The Bertz CT molecular complexity index is 916. The van der Waals surface area contributed by atoms with Crippen molar-refractivity contribution in [3.8, 4) is 0 Å². The molecule has 2 aromatic carbocycles. The summed E-state index contributed by atoms with van der Waals surface area (Å²) in [6.45, 7) is 2.32. The van der Waals surface area contributed by atoms with Crippen LogP contribution >= 0.6 is 0 Å². The molecule has 0 saturated carbocycles. The van der Waals surface area contributed by atoms with Gasteiger partial charge < -0.3 is 9.88 Å². The second kappa shape index (κ2) is 8.42. The van der Waals surface area contributed by atoms with Crippen LogP contribution in [0.4, 0.5) is 4.39 Å². The lowest BCUT2D eigenvalue weighted by Gasteiger charge is -2.08. The minimum atomic E-state index is -0.559. The maximum atomic E-state index is 13.2. The number of fused-ring (bicyclic) bond motifs is 1. The van der Waals surface area contributed by atoms with Gasteiger partial charge in [-0.15, -0.1) is 0 Å². The second-order valence-electron chi connectivity index (χ2n) is 5.94. The maximum Gasteiger partial charge on any atom is 0.267 e. The standard InChI is InChI=1S/C20H20FN3O2/c21-18-6-7-19-17(13-18)9-11-24(19)12-10-22-14-16-3-1-15(2-4-16)5-8-20(25)23-26/h1-9,11,13,22,26H,10,12,14H2,(H,23,25). The zero-order valence-corrected chi connectivity index (χ0v) is 14.2. The Morgan fingerprint density at radius 1 is 1.15 bits per heavy atom. The monoisotopic (exact) mass is 353 g/mol. The molecule has 0 radical (unpaired) electrons. The third kappa shape index (κ3) is 4.56. The molecule has 134 valence electrons. The van der Waals surface area contributed by atoms with Gasteiger partial charge in [0.15, 0.2) is 0 Å². The fourth-order valence-electron chi connectivity index (χ4n) is 2.75. The van der Waals surface area contributed by atoms with Crippen LogP contribution in [0.3, 0.4) is 0 Å². The Balaban J connectivity index is 1.48. The van der Waals surface area contributed by atoms with Gasteiger partial charge in [0.05, 0.1) is 0 Å². The average molecular weight is 353 g/mol.